The lowest BCUT2D eigenvalue weighted by Crippen LogP contribution is -2.31. The van der Waals surface area contributed by atoms with Crippen molar-refractivity contribution in [3.05, 3.63) is 0 Å². The van der Waals surface area contributed by atoms with Crippen molar-refractivity contribution >= 4 is 10.5 Å². The summed E-state index contributed by atoms with van der Waals surface area (Å²) in [5.41, 5.74) is 0.422. The van der Waals surface area contributed by atoms with Gasteiger partial charge in [-0.15, -0.1) is 0 Å². The second kappa shape index (κ2) is 5.76. The first-order valence-electron chi connectivity index (χ1n) is 5.13. The van der Waals surface area contributed by atoms with Crippen molar-refractivity contribution in [1.82, 2.24) is 0 Å². The van der Waals surface area contributed by atoms with Gasteiger partial charge in [0.2, 0.25) is 0 Å². The molecule has 0 radical (unpaired) electrons. The molecule has 0 aliphatic rings. The van der Waals surface area contributed by atoms with E-state index in [1.165, 1.54) is 25.7 Å². The molecule has 1 unspecified atom stereocenters. The Morgan fingerprint density at radius 1 is 1.25 bits per heavy atom. The summed E-state index contributed by atoms with van der Waals surface area (Å²) < 4.78 is 5.56. The molecule has 0 fully saturated rings. The molecule has 0 bridgehead atoms. The summed E-state index contributed by atoms with van der Waals surface area (Å²) in [5, 5.41) is 0. The van der Waals surface area contributed by atoms with Crippen LogP contribution in [-0.4, -0.2) is 16.6 Å². The summed E-state index contributed by atoms with van der Waals surface area (Å²) in [6, 6.07) is 0. The molecule has 0 N–H and O–H groups in total. The molecule has 74 valence electrons. The van der Waals surface area contributed by atoms with Gasteiger partial charge in [0.05, 0.1) is 0 Å². The minimum atomic E-state index is 0.422. The van der Waals surface area contributed by atoms with Crippen LogP contribution in [0.15, 0.2) is 0 Å². The fraction of sp³-hybridized carbons (Fsp3) is 1.00. The standard InChI is InChI=1S/C10H24OSi/c1-5-7-10(4,8-6-2)9(3)11-12/h9H,5-8H2,1-4,12H3. The van der Waals surface area contributed by atoms with Gasteiger partial charge in [-0.3, -0.25) is 0 Å². The molecule has 0 aromatic heterocycles. The Balaban J connectivity index is 4.15. The third kappa shape index (κ3) is 3.28. The van der Waals surface area contributed by atoms with Crippen molar-refractivity contribution < 1.29 is 4.43 Å². The molecule has 2 heteroatoms. The van der Waals surface area contributed by atoms with Crippen molar-refractivity contribution in [2.75, 3.05) is 0 Å². The van der Waals surface area contributed by atoms with Crippen LogP contribution in [0, 0.1) is 5.41 Å². The second-order valence-corrected chi connectivity index (χ2v) is 4.50. The molecule has 0 rings (SSSR count). The van der Waals surface area contributed by atoms with E-state index in [9.17, 15) is 0 Å². The van der Waals surface area contributed by atoms with E-state index in [0.29, 0.717) is 11.5 Å². The molecular formula is C10H24OSi. The number of rotatable bonds is 6. The fourth-order valence-corrected chi connectivity index (χ4v) is 2.53. The molecule has 0 aliphatic heterocycles. The van der Waals surface area contributed by atoms with E-state index in [0.717, 1.165) is 10.5 Å². The minimum Gasteiger partial charge on any atom is -0.425 e. The Morgan fingerprint density at radius 2 is 1.67 bits per heavy atom. The molecule has 0 heterocycles. The van der Waals surface area contributed by atoms with E-state index in [2.05, 4.69) is 27.7 Å². The van der Waals surface area contributed by atoms with Crippen molar-refractivity contribution in [1.29, 1.82) is 0 Å². The molecule has 0 saturated carbocycles. The van der Waals surface area contributed by atoms with Gasteiger partial charge in [-0.05, 0) is 25.2 Å². The Kier molecular flexibility index (Phi) is 5.84. The summed E-state index contributed by atoms with van der Waals surface area (Å²) in [6.07, 6.45) is 5.58. The predicted molar refractivity (Wildman–Crippen MR) is 58.4 cm³/mol. The lowest BCUT2D eigenvalue weighted by atomic mass is 9.77. The van der Waals surface area contributed by atoms with Gasteiger partial charge in [-0.1, -0.05) is 33.6 Å². The predicted octanol–water partition coefficient (Wildman–Crippen LogP) is 2.28. The first kappa shape index (κ1) is 12.2. The molecule has 0 saturated heterocycles. The third-order valence-corrected chi connectivity index (χ3v) is 3.68. The van der Waals surface area contributed by atoms with E-state index in [4.69, 9.17) is 4.43 Å². The van der Waals surface area contributed by atoms with Crippen LogP contribution in [-0.2, 0) is 4.43 Å². The maximum absolute atomic E-state index is 5.56. The largest absolute Gasteiger partial charge is 0.425 e. The van der Waals surface area contributed by atoms with Crippen molar-refractivity contribution in [2.45, 2.75) is 59.5 Å². The lowest BCUT2D eigenvalue weighted by molar-refractivity contribution is 0.0651. The first-order valence-corrected chi connectivity index (χ1v) is 5.95. The van der Waals surface area contributed by atoms with Crippen LogP contribution in [0.3, 0.4) is 0 Å². The van der Waals surface area contributed by atoms with Crippen LogP contribution in [0.2, 0.25) is 0 Å². The van der Waals surface area contributed by atoms with Gasteiger partial charge in [0.15, 0.2) is 0 Å². The maximum atomic E-state index is 5.56. The van der Waals surface area contributed by atoms with Crippen molar-refractivity contribution in [3.8, 4) is 0 Å². The van der Waals surface area contributed by atoms with Crippen LogP contribution in [0.25, 0.3) is 0 Å². The fourth-order valence-electron chi connectivity index (χ4n) is 1.96. The molecule has 0 aromatic carbocycles. The summed E-state index contributed by atoms with van der Waals surface area (Å²) in [6.45, 7) is 9.10. The Morgan fingerprint density at radius 3 is 1.92 bits per heavy atom. The molecule has 0 aromatic rings. The zero-order chi connectivity index (χ0) is 9.61. The molecule has 0 amide bonds. The average Bonchev–Trinajstić information content (AvgIpc) is 2.04. The van der Waals surface area contributed by atoms with Crippen LogP contribution in [0.1, 0.15) is 53.4 Å². The van der Waals surface area contributed by atoms with Crippen molar-refractivity contribution in [3.63, 3.8) is 0 Å². The normalized spacial score (nSPS) is 15.0. The van der Waals surface area contributed by atoms with Gasteiger partial charge >= 0.3 is 0 Å². The van der Waals surface area contributed by atoms with Crippen LogP contribution in [0.4, 0.5) is 0 Å². The summed E-state index contributed by atoms with van der Waals surface area (Å²) in [5.74, 6) is 0. The monoisotopic (exact) mass is 188 g/mol. The van der Waals surface area contributed by atoms with Gasteiger partial charge in [0, 0.05) is 6.10 Å². The van der Waals surface area contributed by atoms with E-state index in [1.807, 2.05) is 0 Å². The van der Waals surface area contributed by atoms with E-state index in [1.54, 1.807) is 0 Å². The van der Waals surface area contributed by atoms with E-state index < -0.39 is 0 Å². The van der Waals surface area contributed by atoms with Gasteiger partial charge in [0.25, 0.3) is 0 Å². The highest BCUT2D eigenvalue weighted by Crippen LogP contribution is 2.34. The van der Waals surface area contributed by atoms with Crippen LogP contribution < -0.4 is 0 Å². The summed E-state index contributed by atoms with van der Waals surface area (Å²) in [7, 11) is 0.868. The average molecular weight is 188 g/mol. The van der Waals surface area contributed by atoms with Gasteiger partial charge in [0.1, 0.15) is 10.5 Å². The number of hydrogen-bond acceptors (Lipinski definition) is 1. The summed E-state index contributed by atoms with van der Waals surface area (Å²) >= 11 is 0. The van der Waals surface area contributed by atoms with Crippen molar-refractivity contribution in [2.24, 2.45) is 5.41 Å². The first-order chi connectivity index (χ1) is 5.60. The van der Waals surface area contributed by atoms with Crippen LogP contribution in [0.5, 0.6) is 0 Å². The topological polar surface area (TPSA) is 9.23 Å². The smallest absolute Gasteiger partial charge is 0.146 e. The molecule has 1 atom stereocenters. The Hall–Kier alpha value is 0.177. The van der Waals surface area contributed by atoms with Gasteiger partial charge in [-0.2, -0.15) is 0 Å². The molecule has 12 heavy (non-hydrogen) atoms. The highest BCUT2D eigenvalue weighted by molar-refractivity contribution is 5.98. The Labute approximate surface area is 80.4 Å². The van der Waals surface area contributed by atoms with Gasteiger partial charge < -0.3 is 4.43 Å². The molecule has 0 aliphatic carbocycles. The second-order valence-electron chi connectivity index (χ2n) is 4.03. The zero-order valence-electron chi connectivity index (χ0n) is 9.31. The molecular weight excluding hydrogens is 164 g/mol. The highest BCUT2D eigenvalue weighted by Gasteiger charge is 2.28. The van der Waals surface area contributed by atoms with E-state index >= 15 is 0 Å². The highest BCUT2D eigenvalue weighted by atomic mass is 28.2. The molecule has 1 nitrogen and oxygen atoms in total. The third-order valence-electron chi connectivity index (χ3n) is 2.98. The van der Waals surface area contributed by atoms with Gasteiger partial charge in [-0.25, -0.2) is 0 Å². The number of hydrogen-bond donors (Lipinski definition) is 0. The Bertz CT molecular complexity index is 108. The van der Waals surface area contributed by atoms with Crippen LogP contribution >= 0.6 is 0 Å². The zero-order valence-corrected chi connectivity index (χ0v) is 11.3. The lowest BCUT2D eigenvalue weighted by Gasteiger charge is -2.35. The quantitative estimate of drug-likeness (QED) is 0.581. The molecule has 0 spiro atoms. The maximum Gasteiger partial charge on any atom is 0.146 e. The summed E-state index contributed by atoms with van der Waals surface area (Å²) in [4.78, 5) is 0. The van der Waals surface area contributed by atoms with E-state index in [-0.39, 0.29) is 0 Å². The SMILES string of the molecule is CCCC(C)(CCC)C(C)O[SiH3]. The minimum absolute atomic E-state index is 0.422.